The molecule has 0 saturated heterocycles. The Hall–Kier alpha value is -3.69. The molecule has 2 aliphatic rings. The molecule has 1 saturated carbocycles. The van der Waals surface area contributed by atoms with Crippen LogP contribution in [0.1, 0.15) is 82.4 Å². The Bertz CT molecular complexity index is 1550. The molecule has 1 N–H and O–H groups in total. The lowest BCUT2D eigenvalue weighted by molar-refractivity contribution is 0.0927. The Morgan fingerprint density at radius 1 is 1.05 bits per heavy atom. The molecule has 0 atom stereocenters. The van der Waals surface area contributed by atoms with Gasteiger partial charge in [-0.15, -0.1) is 11.3 Å². The molecule has 5 nitrogen and oxygen atoms in total. The van der Waals surface area contributed by atoms with Gasteiger partial charge in [0.1, 0.15) is 5.00 Å². The van der Waals surface area contributed by atoms with Crippen molar-refractivity contribution in [3.8, 4) is 6.07 Å². The van der Waals surface area contributed by atoms with E-state index in [1.807, 2.05) is 42.6 Å². The molecule has 0 aliphatic heterocycles. The van der Waals surface area contributed by atoms with Crippen LogP contribution in [0.4, 0.5) is 5.00 Å². The standard InChI is InChI=1S/C32H32N4OS/c33-18-22-10-4-5-11-23(22)20-36-21-24(26-14-6-8-16-28(26)36)19-34-32-30(27-15-7-9-17-29(27)38-32)31(37)35-25-12-2-1-3-13-25/h4-6,8,10-11,14,16,19,21,25H,1-3,7,9,12-13,15,17,20H2,(H,35,37). The summed E-state index contributed by atoms with van der Waals surface area (Å²) in [6.07, 6.45) is 14.2. The van der Waals surface area contributed by atoms with Crippen molar-refractivity contribution in [1.29, 1.82) is 5.26 Å². The van der Waals surface area contributed by atoms with Gasteiger partial charge in [-0.05, 0) is 61.8 Å². The lowest BCUT2D eigenvalue weighted by atomic mass is 9.93. The van der Waals surface area contributed by atoms with Crippen molar-refractivity contribution in [3.05, 3.63) is 87.4 Å². The Labute approximate surface area is 227 Å². The van der Waals surface area contributed by atoms with E-state index in [-0.39, 0.29) is 11.9 Å². The molecule has 4 aromatic rings. The van der Waals surface area contributed by atoms with Crippen molar-refractivity contribution in [1.82, 2.24) is 9.88 Å². The summed E-state index contributed by atoms with van der Waals surface area (Å²) in [6.45, 7) is 0.612. The van der Waals surface area contributed by atoms with E-state index in [9.17, 15) is 10.1 Å². The second-order valence-electron chi connectivity index (χ2n) is 10.5. The van der Waals surface area contributed by atoms with Gasteiger partial charge in [0.2, 0.25) is 0 Å². The number of fused-ring (bicyclic) bond motifs is 2. The zero-order chi connectivity index (χ0) is 25.9. The van der Waals surface area contributed by atoms with E-state index >= 15 is 0 Å². The summed E-state index contributed by atoms with van der Waals surface area (Å²) in [4.78, 5) is 19.8. The first-order valence-corrected chi connectivity index (χ1v) is 14.6. The predicted octanol–water partition coefficient (Wildman–Crippen LogP) is 7.31. The average Bonchev–Trinajstić information content (AvgIpc) is 3.51. The third-order valence-corrected chi connectivity index (χ3v) is 9.14. The molecule has 6 heteroatoms. The number of nitrogens with zero attached hydrogens (tertiary/aromatic N) is 3. The summed E-state index contributed by atoms with van der Waals surface area (Å²) in [5.74, 6) is 0.0546. The number of thiophene rings is 1. The number of amides is 1. The van der Waals surface area contributed by atoms with Gasteiger partial charge in [-0.25, -0.2) is 4.99 Å². The Morgan fingerprint density at radius 2 is 1.84 bits per heavy atom. The minimum absolute atomic E-state index is 0.0546. The molecule has 1 amide bonds. The maximum atomic E-state index is 13.5. The monoisotopic (exact) mass is 520 g/mol. The molecule has 6 rings (SSSR count). The zero-order valence-corrected chi connectivity index (χ0v) is 22.4. The number of aromatic nitrogens is 1. The van der Waals surface area contributed by atoms with Crippen LogP contribution < -0.4 is 5.32 Å². The largest absolute Gasteiger partial charge is 0.349 e. The predicted molar refractivity (Wildman–Crippen MR) is 155 cm³/mol. The number of hydrogen-bond donors (Lipinski definition) is 1. The van der Waals surface area contributed by atoms with Crippen LogP contribution in [0, 0.1) is 11.3 Å². The molecule has 0 radical (unpaired) electrons. The van der Waals surface area contributed by atoms with Crippen molar-refractivity contribution in [2.75, 3.05) is 0 Å². The van der Waals surface area contributed by atoms with Crippen LogP contribution in [-0.2, 0) is 19.4 Å². The number of carbonyl (C=O) groups is 1. The third kappa shape index (κ3) is 4.91. The molecule has 2 aliphatic carbocycles. The average molecular weight is 521 g/mol. The number of hydrogen-bond acceptors (Lipinski definition) is 4. The summed E-state index contributed by atoms with van der Waals surface area (Å²) in [6, 6.07) is 18.6. The molecule has 38 heavy (non-hydrogen) atoms. The first-order valence-electron chi connectivity index (χ1n) is 13.8. The van der Waals surface area contributed by atoms with Gasteiger partial charge < -0.3 is 9.88 Å². The summed E-state index contributed by atoms with van der Waals surface area (Å²) in [5.41, 5.74) is 5.82. The smallest absolute Gasteiger partial charge is 0.254 e. The van der Waals surface area contributed by atoms with Crippen LogP contribution in [0.25, 0.3) is 10.9 Å². The van der Waals surface area contributed by atoms with Crippen LogP contribution in [-0.4, -0.2) is 22.7 Å². The first-order chi connectivity index (χ1) is 18.7. The van der Waals surface area contributed by atoms with Gasteiger partial charge in [0.05, 0.1) is 17.2 Å². The number of para-hydroxylation sites is 1. The van der Waals surface area contributed by atoms with E-state index in [4.69, 9.17) is 4.99 Å². The van der Waals surface area contributed by atoms with E-state index in [1.54, 1.807) is 11.3 Å². The number of aryl methyl sites for hydroxylation is 1. The van der Waals surface area contributed by atoms with Gasteiger partial charge in [-0.1, -0.05) is 55.7 Å². The van der Waals surface area contributed by atoms with Crippen molar-refractivity contribution in [3.63, 3.8) is 0 Å². The topological polar surface area (TPSA) is 70.2 Å². The third-order valence-electron chi connectivity index (χ3n) is 7.94. The van der Waals surface area contributed by atoms with E-state index in [0.29, 0.717) is 12.1 Å². The van der Waals surface area contributed by atoms with Gasteiger partial charge in [-0.3, -0.25) is 4.79 Å². The number of carbonyl (C=O) groups excluding carboxylic acids is 1. The lowest BCUT2D eigenvalue weighted by Gasteiger charge is -2.23. The Balaban J connectivity index is 1.34. The second-order valence-corrected chi connectivity index (χ2v) is 11.5. The van der Waals surface area contributed by atoms with E-state index in [0.717, 1.165) is 64.7 Å². The molecule has 1 fully saturated rings. The van der Waals surface area contributed by atoms with E-state index in [1.165, 1.54) is 36.1 Å². The Kier molecular flexibility index (Phi) is 7.11. The van der Waals surface area contributed by atoms with Crippen LogP contribution in [0.2, 0.25) is 0 Å². The van der Waals surface area contributed by atoms with Crippen molar-refractivity contribution >= 4 is 39.4 Å². The fourth-order valence-electron chi connectivity index (χ4n) is 5.97. The maximum absolute atomic E-state index is 13.5. The van der Waals surface area contributed by atoms with Crippen molar-refractivity contribution in [2.24, 2.45) is 4.99 Å². The van der Waals surface area contributed by atoms with E-state index in [2.05, 4.69) is 34.3 Å². The number of nitrogens with one attached hydrogen (secondary N) is 1. The highest BCUT2D eigenvalue weighted by Crippen LogP contribution is 2.40. The van der Waals surface area contributed by atoms with Crippen LogP contribution in [0.15, 0.2) is 59.7 Å². The minimum Gasteiger partial charge on any atom is -0.349 e. The second kappa shape index (κ2) is 11.0. The van der Waals surface area contributed by atoms with E-state index < -0.39 is 0 Å². The molecular weight excluding hydrogens is 488 g/mol. The molecule has 0 unspecified atom stereocenters. The fraction of sp³-hybridized carbons (Fsp3) is 0.344. The number of benzene rings is 2. The molecular formula is C32H32N4OS. The quantitative estimate of drug-likeness (QED) is 0.271. The van der Waals surface area contributed by atoms with Gasteiger partial charge in [0.25, 0.3) is 5.91 Å². The Morgan fingerprint density at radius 3 is 2.71 bits per heavy atom. The summed E-state index contributed by atoms with van der Waals surface area (Å²) < 4.78 is 2.18. The van der Waals surface area contributed by atoms with Crippen LogP contribution in [0.5, 0.6) is 0 Å². The molecule has 0 bridgehead atoms. The molecule has 0 spiro atoms. The number of nitriles is 1. The van der Waals surface area contributed by atoms with Crippen molar-refractivity contribution in [2.45, 2.75) is 70.4 Å². The lowest BCUT2D eigenvalue weighted by Crippen LogP contribution is -2.36. The first kappa shape index (κ1) is 24.6. The van der Waals surface area contributed by atoms with Gasteiger partial charge in [-0.2, -0.15) is 5.26 Å². The molecule has 2 aromatic carbocycles. The highest BCUT2D eigenvalue weighted by atomic mass is 32.1. The highest BCUT2D eigenvalue weighted by Gasteiger charge is 2.27. The van der Waals surface area contributed by atoms with Gasteiger partial charge >= 0.3 is 0 Å². The normalized spacial score (nSPS) is 16.0. The maximum Gasteiger partial charge on any atom is 0.254 e. The summed E-state index contributed by atoms with van der Waals surface area (Å²) in [7, 11) is 0. The van der Waals surface area contributed by atoms with Crippen LogP contribution in [0.3, 0.4) is 0 Å². The summed E-state index contributed by atoms with van der Waals surface area (Å²) in [5, 5.41) is 14.8. The fourth-order valence-corrected chi connectivity index (χ4v) is 7.20. The van der Waals surface area contributed by atoms with Crippen LogP contribution >= 0.6 is 11.3 Å². The summed E-state index contributed by atoms with van der Waals surface area (Å²) >= 11 is 1.69. The number of aliphatic imine (C=N–C) groups is 1. The van der Waals surface area contributed by atoms with Gasteiger partial charge in [0.15, 0.2) is 0 Å². The SMILES string of the molecule is N#Cc1ccccc1Cn1cc(C=Nc2sc3c(c2C(=O)NC2CCCCC2)CCCC3)c2ccccc21. The minimum atomic E-state index is 0.0546. The highest BCUT2D eigenvalue weighted by molar-refractivity contribution is 7.16. The van der Waals surface area contributed by atoms with Gasteiger partial charge in [0, 0.05) is 46.3 Å². The van der Waals surface area contributed by atoms with Crippen molar-refractivity contribution < 1.29 is 4.79 Å². The molecule has 192 valence electrons. The number of rotatable bonds is 6. The zero-order valence-electron chi connectivity index (χ0n) is 21.6. The molecule has 2 heterocycles. The molecule has 2 aromatic heterocycles.